The van der Waals surface area contributed by atoms with Crippen LogP contribution in [0.1, 0.15) is 43.0 Å². The van der Waals surface area contributed by atoms with Crippen molar-refractivity contribution < 1.29 is 0 Å². The van der Waals surface area contributed by atoms with Crippen molar-refractivity contribution in [1.82, 2.24) is 10.2 Å². The molecular formula is C15H23N5. The zero-order valence-electron chi connectivity index (χ0n) is 12.6. The summed E-state index contributed by atoms with van der Waals surface area (Å²) in [4.78, 5) is 2.18. The molecule has 2 unspecified atom stereocenters. The number of aryl methyl sites for hydroxylation is 1. The maximum absolute atomic E-state index is 9.44. The zero-order chi connectivity index (χ0) is 14.7. The third-order valence-corrected chi connectivity index (χ3v) is 4.49. The molecule has 0 radical (unpaired) electrons. The number of hydrogen-bond acceptors (Lipinski definition) is 5. The number of nitrogens with zero attached hydrogens (tertiary/aromatic N) is 4. The molecule has 1 aromatic heterocycles. The van der Waals surface area contributed by atoms with Gasteiger partial charge in [0, 0.05) is 19.1 Å². The first-order valence-electron chi connectivity index (χ1n) is 7.33. The maximum Gasteiger partial charge on any atom is 0.169 e. The van der Waals surface area contributed by atoms with E-state index < -0.39 is 0 Å². The van der Waals surface area contributed by atoms with Crippen molar-refractivity contribution in [2.24, 2.45) is 11.7 Å². The van der Waals surface area contributed by atoms with Gasteiger partial charge in [0.15, 0.2) is 5.82 Å². The SMILES string of the molecule is CCC1CCN(c2nnc(C)c(C)c2C#N)C(CN)C1. The molecule has 1 aromatic rings. The van der Waals surface area contributed by atoms with Gasteiger partial charge >= 0.3 is 0 Å². The molecule has 2 heterocycles. The predicted octanol–water partition coefficient (Wildman–Crippen LogP) is 1.92. The fraction of sp³-hybridized carbons (Fsp3) is 0.667. The highest BCUT2D eigenvalue weighted by Crippen LogP contribution is 2.31. The summed E-state index contributed by atoms with van der Waals surface area (Å²) in [6.45, 7) is 7.55. The molecule has 1 saturated heterocycles. The first-order valence-corrected chi connectivity index (χ1v) is 7.33. The van der Waals surface area contributed by atoms with E-state index in [1.807, 2.05) is 13.8 Å². The molecule has 0 aromatic carbocycles. The van der Waals surface area contributed by atoms with Gasteiger partial charge in [-0.2, -0.15) is 10.4 Å². The van der Waals surface area contributed by atoms with Crippen LogP contribution >= 0.6 is 0 Å². The first kappa shape index (κ1) is 14.7. The zero-order valence-corrected chi connectivity index (χ0v) is 12.6. The summed E-state index contributed by atoms with van der Waals surface area (Å²) in [7, 11) is 0. The molecule has 0 bridgehead atoms. The molecule has 108 valence electrons. The van der Waals surface area contributed by atoms with Gasteiger partial charge in [-0.1, -0.05) is 13.3 Å². The summed E-state index contributed by atoms with van der Waals surface area (Å²) in [5.74, 6) is 1.44. The molecule has 2 atom stereocenters. The molecule has 5 nitrogen and oxygen atoms in total. The largest absolute Gasteiger partial charge is 0.350 e. The van der Waals surface area contributed by atoms with E-state index in [0.29, 0.717) is 17.9 Å². The van der Waals surface area contributed by atoms with E-state index in [2.05, 4.69) is 28.1 Å². The summed E-state index contributed by atoms with van der Waals surface area (Å²) in [6.07, 6.45) is 3.40. The van der Waals surface area contributed by atoms with Gasteiger partial charge in [-0.05, 0) is 38.2 Å². The van der Waals surface area contributed by atoms with Gasteiger partial charge in [0.05, 0.1) is 5.69 Å². The molecule has 0 amide bonds. The lowest BCUT2D eigenvalue weighted by Crippen LogP contribution is -2.47. The minimum Gasteiger partial charge on any atom is -0.350 e. The minimum atomic E-state index is 0.261. The van der Waals surface area contributed by atoms with Crippen LogP contribution in [0.5, 0.6) is 0 Å². The van der Waals surface area contributed by atoms with Crippen LogP contribution in [0.25, 0.3) is 0 Å². The van der Waals surface area contributed by atoms with Gasteiger partial charge in [-0.15, -0.1) is 5.10 Å². The highest BCUT2D eigenvalue weighted by atomic mass is 15.3. The predicted molar refractivity (Wildman–Crippen MR) is 79.4 cm³/mol. The Balaban J connectivity index is 2.36. The molecule has 1 fully saturated rings. The van der Waals surface area contributed by atoms with E-state index in [1.165, 1.54) is 6.42 Å². The molecule has 0 spiro atoms. The molecule has 1 aliphatic rings. The van der Waals surface area contributed by atoms with Crippen molar-refractivity contribution in [3.63, 3.8) is 0 Å². The molecule has 2 rings (SSSR count). The summed E-state index contributed by atoms with van der Waals surface area (Å²) in [6, 6.07) is 2.55. The Labute approximate surface area is 120 Å². The van der Waals surface area contributed by atoms with Crippen molar-refractivity contribution in [2.45, 2.75) is 46.1 Å². The van der Waals surface area contributed by atoms with Crippen molar-refractivity contribution >= 4 is 5.82 Å². The van der Waals surface area contributed by atoms with Crippen LogP contribution in [-0.2, 0) is 0 Å². The van der Waals surface area contributed by atoms with E-state index in [1.54, 1.807) is 0 Å². The molecule has 0 saturated carbocycles. The van der Waals surface area contributed by atoms with E-state index in [0.717, 1.165) is 36.6 Å². The standard InChI is InChI=1S/C15H23N5/c1-4-12-5-6-20(13(7-12)8-16)15-14(9-17)10(2)11(3)18-19-15/h12-13H,4-8,16H2,1-3H3. The van der Waals surface area contributed by atoms with Crippen molar-refractivity contribution in [1.29, 1.82) is 5.26 Å². The van der Waals surface area contributed by atoms with Gasteiger partial charge in [-0.25, -0.2) is 0 Å². The van der Waals surface area contributed by atoms with Crippen molar-refractivity contribution in [3.8, 4) is 6.07 Å². The number of anilines is 1. The Bertz CT molecular complexity index is 520. The van der Waals surface area contributed by atoms with Gasteiger partial charge in [0.25, 0.3) is 0 Å². The Morgan fingerprint density at radius 2 is 2.15 bits per heavy atom. The van der Waals surface area contributed by atoms with E-state index in [-0.39, 0.29) is 6.04 Å². The molecule has 2 N–H and O–H groups in total. The van der Waals surface area contributed by atoms with Crippen LogP contribution in [-0.4, -0.2) is 29.3 Å². The molecule has 1 aliphatic heterocycles. The Kier molecular flexibility index (Phi) is 4.56. The summed E-state index contributed by atoms with van der Waals surface area (Å²) in [5, 5.41) is 17.9. The number of piperidine rings is 1. The molecule has 20 heavy (non-hydrogen) atoms. The first-order chi connectivity index (χ1) is 9.62. The van der Waals surface area contributed by atoms with E-state index >= 15 is 0 Å². The lowest BCUT2D eigenvalue weighted by molar-refractivity contribution is 0.333. The number of aromatic nitrogens is 2. The van der Waals surface area contributed by atoms with Gasteiger partial charge < -0.3 is 10.6 Å². The van der Waals surface area contributed by atoms with Crippen LogP contribution < -0.4 is 10.6 Å². The smallest absolute Gasteiger partial charge is 0.169 e. The van der Waals surface area contributed by atoms with Crippen molar-refractivity contribution in [3.05, 3.63) is 16.8 Å². The highest BCUT2D eigenvalue weighted by Gasteiger charge is 2.30. The minimum absolute atomic E-state index is 0.261. The average molecular weight is 273 g/mol. The fourth-order valence-electron chi connectivity index (χ4n) is 2.94. The summed E-state index contributed by atoms with van der Waals surface area (Å²) >= 11 is 0. The number of rotatable bonds is 3. The third kappa shape index (κ3) is 2.61. The van der Waals surface area contributed by atoms with Crippen LogP contribution in [0, 0.1) is 31.1 Å². The second kappa shape index (κ2) is 6.19. The topological polar surface area (TPSA) is 78.8 Å². The third-order valence-electron chi connectivity index (χ3n) is 4.49. The normalized spacial score (nSPS) is 22.6. The summed E-state index contributed by atoms with van der Waals surface area (Å²) in [5.41, 5.74) is 8.32. The molecular weight excluding hydrogens is 250 g/mol. The van der Waals surface area contributed by atoms with Crippen LogP contribution in [0.4, 0.5) is 5.82 Å². The maximum atomic E-state index is 9.44. The second-order valence-electron chi connectivity index (χ2n) is 5.60. The Hall–Kier alpha value is -1.67. The Morgan fingerprint density at radius 3 is 2.75 bits per heavy atom. The number of hydrogen-bond donors (Lipinski definition) is 1. The van der Waals surface area contributed by atoms with Crippen LogP contribution in [0.3, 0.4) is 0 Å². The average Bonchev–Trinajstić information content (AvgIpc) is 2.49. The van der Waals surface area contributed by atoms with Crippen LogP contribution in [0.15, 0.2) is 0 Å². The Morgan fingerprint density at radius 1 is 1.40 bits per heavy atom. The second-order valence-corrected chi connectivity index (χ2v) is 5.60. The molecule has 5 heteroatoms. The van der Waals surface area contributed by atoms with Gasteiger partial charge in [0.1, 0.15) is 11.6 Å². The lowest BCUT2D eigenvalue weighted by Gasteiger charge is -2.39. The number of nitriles is 1. The fourth-order valence-corrected chi connectivity index (χ4v) is 2.94. The van der Waals surface area contributed by atoms with Gasteiger partial charge in [-0.3, -0.25) is 0 Å². The van der Waals surface area contributed by atoms with E-state index in [4.69, 9.17) is 5.73 Å². The molecule has 0 aliphatic carbocycles. The highest BCUT2D eigenvalue weighted by molar-refractivity contribution is 5.58. The van der Waals surface area contributed by atoms with Crippen LogP contribution in [0.2, 0.25) is 0 Å². The van der Waals surface area contributed by atoms with E-state index in [9.17, 15) is 5.26 Å². The monoisotopic (exact) mass is 273 g/mol. The summed E-state index contributed by atoms with van der Waals surface area (Å²) < 4.78 is 0. The van der Waals surface area contributed by atoms with Crippen molar-refractivity contribution in [2.75, 3.05) is 18.0 Å². The quantitative estimate of drug-likeness (QED) is 0.910. The lowest BCUT2D eigenvalue weighted by atomic mass is 9.88. The number of nitrogens with two attached hydrogens (primary N) is 1. The van der Waals surface area contributed by atoms with Gasteiger partial charge in [0.2, 0.25) is 0 Å².